The molecule has 0 fully saturated rings. The molecule has 0 bridgehead atoms. The molecule has 7 nitrogen and oxygen atoms in total. The van der Waals surface area contributed by atoms with E-state index in [0.717, 1.165) is 27.7 Å². The molecule has 2 aromatic heterocycles. The van der Waals surface area contributed by atoms with Gasteiger partial charge < -0.3 is 14.3 Å². The molecule has 0 aliphatic heterocycles. The number of H-pyrrole nitrogens is 1. The summed E-state index contributed by atoms with van der Waals surface area (Å²) in [7, 11) is 0. The fourth-order valence-corrected chi connectivity index (χ4v) is 3.67. The average Bonchev–Trinajstić information content (AvgIpc) is 3.36. The van der Waals surface area contributed by atoms with Gasteiger partial charge in [-0.15, -0.1) is 0 Å². The van der Waals surface area contributed by atoms with Crippen LogP contribution in [-0.2, 0) is 16.1 Å². The van der Waals surface area contributed by atoms with Crippen LogP contribution in [0.5, 0.6) is 0 Å². The number of carbonyl (C=O) groups excluding carboxylic acids is 2. The van der Waals surface area contributed by atoms with Crippen LogP contribution < -0.4 is 5.43 Å². The quantitative estimate of drug-likeness (QED) is 0.262. The van der Waals surface area contributed by atoms with Gasteiger partial charge in [0.05, 0.1) is 18.4 Å². The van der Waals surface area contributed by atoms with Crippen molar-refractivity contribution >= 4 is 29.0 Å². The van der Waals surface area contributed by atoms with E-state index in [1.807, 2.05) is 60.8 Å². The number of benzene rings is 2. The first-order chi connectivity index (χ1) is 15.6. The lowest BCUT2D eigenvalue weighted by molar-refractivity contribution is -0.121. The molecule has 162 valence electrons. The number of ether oxygens (including phenoxy) is 1. The number of hydrazone groups is 1. The fourth-order valence-electron chi connectivity index (χ4n) is 3.67. The summed E-state index contributed by atoms with van der Waals surface area (Å²) in [5.74, 6) is -0.703. The number of nitrogens with zero attached hydrogens (tertiary/aromatic N) is 2. The smallest absolute Gasteiger partial charge is 0.339 e. The third-order valence-corrected chi connectivity index (χ3v) is 5.25. The summed E-state index contributed by atoms with van der Waals surface area (Å²) in [5, 5.41) is 5.14. The first kappa shape index (κ1) is 21.1. The van der Waals surface area contributed by atoms with Gasteiger partial charge >= 0.3 is 5.97 Å². The van der Waals surface area contributed by atoms with Crippen LogP contribution in [0.3, 0.4) is 0 Å². The average molecular weight is 428 g/mol. The second-order valence-electron chi connectivity index (χ2n) is 7.28. The van der Waals surface area contributed by atoms with Gasteiger partial charge in [0.2, 0.25) is 0 Å². The Morgan fingerprint density at radius 3 is 2.66 bits per heavy atom. The van der Waals surface area contributed by atoms with Gasteiger partial charge in [0.1, 0.15) is 6.54 Å². The second kappa shape index (κ2) is 9.34. The Bertz CT molecular complexity index is 1290. The zero-order chi connectivity index (χ0) is 22.5. The molecule has 0 saturated carbocycles. The Labute approximate surface area is 185 Å². The standard InChI is InChI=1S/C25H24N4O3/c1-3-32-25(31)21-13-23(18-9-5-4-6-10-18)29(17(21)2)16-24(30)28-27-15-19-14-26-22-12-8-7-11-20(19)22/h4-15,26H,3,16H2,1-2H3,(H,28,30)/b27-15+. The van der Waals surface area contributed by atoms with Crippen molar-refractivity contribution in [3.8, 4) is 11.3 Å². The predicted molar refractivity (Wildman–Crippen MR) is 125 cm³/mol. The van der Waals surface area contributed by atoms with E-state index in [4.69, 9.17) is 4.74 Å². The largest absolute Gasteiger partial charge is 0.462 e. The number of hydrogen-bond donors (Lipinski definition) is 2. The normalized spacial score (nSPS) is 11.2. The molecule has 0 saturated heterocycles. The van der Waals surface area contributed by atoms with Gasteiger partial charge in [0, 0.05) is 34.1 Å². The molecule has 32 heavy (non-hydrogen) atoms. The number of rotatable bonds is 7. The number of para-hydroxylation sites is 1. The SMILES string of the molecule is CCOC(=O)c1cc(-c2ccccc2)n(CC(=O)N/N=C/c2c[nH]c3ccccc23)c1C. The summed E-state index contributed by atoms with van der Waals surface area (Å²) >= 11 is 0. The van der Waals surface area contributed by atoms with Crippen molar-refractivity contribution < 1.29 is 14.3 Å². The van der Waals surface area contributed by atoms with E-state index in [0.29, 0.717) is 11.3 Å². The molecule has 7 heteroatoms. The van der Waals surface area contributed by atoms with E-state index in [-0.39, 0.29) is 19.1 Å². The molecule has 0 spiro atoms. The second-order valence-corrected chi connectivity index (χ2v) is 7.28. The van der Waals surface area contributed by atoms with Gasteiger partial charge in [-0.05, 0) is 31.5 Å². The van der Waals surface area contributed by atoms with Gasteiger partial charge in [0.25, 0.3) is 5.91 Å². The zero-order valence-electron chi connectivity index (χ0n) is 18.0. The highest BCUT2D eigenvalue weighted by atomic mass is 16.5. The third-order valence-electron chi connectivity index (χ3n) is 5.25. The van der Waals surface area contributed by atoms with Crippen molar-refractivity contribution in [1.29, 1.82) is 0 Å². The maximum absolute atomic E-state index is 12.7. The number of fused-ring (bicyclic) bond motifs is 1. The minimum Gasteiger partial charge on any atom is -0.462 e. The van der Waals surface area contributed by atoms with Crippen molar-refractivity contribution in [2.45, 2.75) is 20.4 Å². The highest BCUT2D eigenvalue weighted by Gasteiger charge is 2.20. The van der Waals surface area contributed by atoms with Crippen molar-refractivity contribution in [3.05, 3.63) is 83.7 Å². The topological polar surface area (TPSA) is 88.5 Å². The molecule has 4 rings (SSSR count). The van der Waals surface area contributed by atoms with Crippen molar-refractivity contribution in [3.63, 3.8) is 0 Å². The highest BCUT2D eigenvalue weighted by Crippen LogP contribution is 2.26. The number of hydrogen-bond acceptors (Lipinski definition) is 4. The number of esters is 1. The molecule has 4 aromatic rings. The van der Waals surface area contributed by atoms with E-state index in [1.165, 1.54) is 0 Å². The van der Waals surface area contributed by atoms with Crippen LogP contribution in [0.25, 0.3) is 22.2 Å². The van der Waals surface area contributed by atoms with E-state index in [9.17, 15) is 9.59 Å². The molecule has 1 amide bonds. The third kappa shape index (κ3) is 4.32. The molecule has 0 atom stereocenters. The highest BCUT2D eigenvalue weighted by molar-refractivity contribution is 5.99. The molecule has 0 aliphatic carbocycles. The lowest BCUT2D eigenvalue weighted by atomic mass is 10.1. The molecular formula is C25H24N4O3. The molecule has 2 N–H and O–H groups in total. The van der Waals surface area contributed by atoms with Crippen LogP contribution in [0.1, 0.15) is 28.5 Å². The zero-order valence-corrected chi connectivity index (χ0v) is 18.0. The van der Waals surface area contributed by atoms with E-state index < -0.39 is 5.97 Å². The van der Waals surface area contributed by atoms with Crippen molar-refractivity contribution in [2.75, 3.05) is 6.61 Å². The molecule has 0 aliphatic rings. The van der Waals surface area contributed by atoms with Gasteiger partial charge in [-0.3, -0.25) is 4.79 Å². The minimum absolute atomic E-state index is 0.0146. The summed E-state index contributed by atoms with van der Waals surface area (Å²) in [6.07, 6.45) is 3.46. The Balaban J connectivity index is 1.56. The monoisotopic (exact) mass is 428 g/mol. The van der Waals surface area contributed by atoms with Crippen LogP contribution in [0.2, 0.25) is 0 Å². The summed E-state index contributed by atoms with van der Waals surface area (Å²) in [6, 6.07) is 19.3. The number of amides is 1. The van der Waals surface area contributed by atoms with Gasteiger partial charge in [-0.1, -0.05) is 48.5 Å². The number of aromatic nitrogens is 2. The number of nitrogens with one attached hydrogen (secondary N) is 2. The maximum atomic E-state index is 12.7. The van der Waals surface area contributed by atoms with Crippen LogP contribution >= 0.6 is 0 Å². The Morgan fingerprint density at radius 2 is 1.88 bits per heavy atom. The lowest BCUT2D eigenvalue weighted by Gasteiger charge is -2.11. The van der Waals surface area contributed by atoms with E-state index in [2.05, 4.69) is 15.5 Å². The van der Waals surface area contributed by atoms with Crippen molar-refractivity contribution in [2.24, 2.45) is 5.10 Å². The summed E-state index contributed by atoms with van der Waals surface area (Å²) < 4.78 is 6.98. The Morgan fingerprint density at radius 1 is 1.12 bits per heavy atom. The van der Waals surface area contributed by atoms with E-state index >= 15 is 0 Å². The number of aromatic amines is 1. The van der Waals surface area contributed by atoms with E-state index in [1.54, 1.807) is 30.7 Å². The first-order valence-corrected chi connectivity index (χ1v) is 10.4. The van der Waals surface area contributed by atoms with Gasteiger partial charge in [0.15, 0.2) is 0 Å². The number of carbonyl (C=O) groups is 2. The minimum atomic E-state index is -0.404. The first-order valence-electron chi connectivity index (χ1n) is 10.4. The van der Waals surface area contributed by atoms with Gasteiger partial charge in [-0.2, -0.15) is 5.10 Å². The van der Waals surface area contributed by atoms with Crippen LogP contribution in [-0.4, -0.2) is 34.2 Å². The molecule has 2 heterocycles. The van der Waals surface area contributed by atoms with Crippen LogP contribution in [0.15, 0.2) is 72.0 Å². The predicted octanol–water partition coefficient (Wildman–Crippen LogP) is 4.27. The molecule has 0 unspecified atom stereocenters. The maximum Gasteiger partial charge on any atom is 0.339 e. The molecule has 0 radical (unpaired) electrons. The van der Waals surface area contributed by atoms with Gasteiger partial charge in [-0.25, -0.2) is 10.2 Å². The lowest BCUT2D eigenvalue weighted by Crippen LogP contribution is -2.24. The molecule has 2 aromatic carbocycles. The Kier molecular flexibility index (Phi) is 6.17. The van der Waals surface area contributed by atoms with Crippen molar-refractivity contribution in [1.82, 2.24) is 15.0 Å². The fraction of sp³-hybridized carbons (Fsp3) is 0.160. The Hall–Kier alpha value is -4.13. The van der Waals surface area contributed by atoms with Crippen LogP contribution in [0.4, 0.5) is 0 Å². The summed E-state index contributed by atoms with van der Waals surface area (Å²) in [6.45, 7) is 3.87. The summed E-state index contributed by atoms with van der Waals surface area (Å²) in [4.78, 5) is 28.2. The molecular weight excluding hydrogens is 404 g/mol. The summed E-state index contributed by atoms with van der Waals surface area (Å²) in [5.41, 5.74) is 7.25. The van der Waals surface area contributed by atoms with Crippen LogP contribution in [0, 0.1) is 6.92 Å².